The van der Waals surface area contributed by atoms with Crippen molar-refractivity contribution in [3.8, 4) is 11.5 Å². The largest absolute Gasteiger partial charge is 0.493 e. The fourth-order valence-corrected chi connectivity index (χ4v) is 5.12. The van der Waals surface area contributed by atoms with E-state index >= 15 is 0 Å². The highest BCUT2D eigenvalue weighted by molar-refractivity contribution is 9.10. The number of hydrogen-bond donors (Lipinski definition) is 1. The predicted octanol–water partition coefficient (Wildman–Crippen LogP) is 6.38. The number of benzene rings is 3. The first-order chi connectivity index (χ1) is 18.3. The molecule has 1 saturated heterocycles. The van der Waals surface area contributed by atoms with Gasteiger partial charge >= 0.3 is 0 Å². The lowest BCUT2D eigenvalue weighted by molar-refractivity contribution is -0.122. The molecule has 0 saturated carbocycles. The number of halogens is 3. The van der Waals surface area contributed by atoms with Gasteiger partial charge in [-0.1, -0.05) is 0 Å². The highest BCUT2D eigenvalue weighted by Crippen LogP contribution is 2.39. The standard InChI is InChI=1S/C27H22BrF2N3O4S/c1-3-33-26(35)23(38-27(33)32-20-10-6-18(30)7-11-20)14-16-12-21(28)25(22(13-16)36-2)37-15-24(34)31-19-8-4-17(29)5-9-19/h4-14H,3,15H2,1-2H3,(H,31,34)/b23-14+,32-27?. The van der Waals surface area contributed by atoms with Crippen molar-refractivity contribution in [2.24, 2.45) is 4.99 Å². The summed E-state index contributed by atoms with van der Waals surface area (Å²) < 4.78 is 38.0. The molecule has 7 nitrogen and oxygen atoms in total. The first-order valence-electron chi connectivity index (χ1n) is 11.4. The Balaban J connectivity index is 1.51. The Labute approximate surface area is 230 Å². The van der Waals surface area contributed by atoms with Crippen molar-refractivity contribution in [3.05, 3.63) is 87.2 Å². The molecule has 38 heavy (non-hydrogen) atoms. The van der Waals surface area contributed by atoms with Crippen LogP contribution in [-0.2, 0) is 9.59 Å². The van der Waals surface area contributed by atoms with Crippen molar-refractivity contribution >= 4 is 62.1 Å². The molecule has 4 rings (SSSR count). The smallest absolute Gasteiger partial charge is 0.266 e. The van der Waals surface area contributed by atoms with Gasteiger partial charge in [-0.15, -0.1) is 0 Å². The summed E-state index contributed by atoms with van der Waals surface area (Å²) in [6.07, 6.45) is 1.71. The molecule has 3 aromatic carbocycles. The van der Waals surface area contributed by atoms with Crippen LogP contribution in [0.3, 0.4) is 0 Å². The van der Waals surface area contributed by atoms with Crippen molar-refractivity contribution in [1.29, 1.82) is 0 Å². The second-order valence-corrected chi connectivity index (χ2v) is 9.77. The quantitative estimate of drug-likeness (QED) is 0.303. The van der Waals surface area contributed by atoms with Crippen LogP contribution in [0, 0.1) is 11.6 Å². The van der Waals surface area contributed by atoms with Crippen molar-refractivity contribution in [3.63, 3.8) is 0 Å². The van der Waals surface area contributed by atoms with Crippen LogP contribution < -0.4 is 14.8 Å². The van der Waals surface area contributed by atoms with Crippen LogP contribution >= 0.6 is 27.7 Å². The highest BCUT2D eigenvalue weighted by atomic mass is 79.9. The van der Waals surface area contributed by atoms with Gasteiger partial charge in [-0.25, -0.2) is 13.8 Å². The first-order valence-corrected chi connectivity index (χ1v) is 13.0. The maximum atomic E-state index is 13.2. The second-order valence-electron chi connectivity index (χ2n) is 7.91. The molecule has 1 heterocycles. The third kappa shape index (κ3) is 6.59. The molecule has 0 atom stereocenters. The SMILES string of the molecule is CCN1C(=O)/C(=C\c2cc(Br)c(OCC(=O)Nc3ccc(F)cc3)c(OC)c2)SC1=Nc1ccc(F)cc1. The fourth-order valence-electron chi connectivity index (χ4n) is 3.48. The number of carbonyl (C=O) groups excluding carboxylic acids is 2. The van der Waals surface area contributed by atoms with Crippen LogP contribution in [0.15, 0.2) is 75.0 Å². The summed E-state index contributed by atoms with van der Waals surface area (Å²) in [6.45, 7) is 1.96. The summed E-state index contributed by atoms with van der Waals surface area (Å²) in [6, 6.07) is 14.5. The molecule has 196 valence electrons. The molecule has 1 aliphatic rings. The van der Waals surface area contributed by atoms with Gasteiger partial charge in [0, 0.05) is 12.2 Å². The fraction of sp³-hybridized carbons (Fsp3) is 0.148. The van der Waals surface area contributed by atoms with Crippen molar-refractivity contribution in [2.45, 2.75) is 6.92 Å². The van der Waals surface area contributed by atoms with Crippen molar-refractivity contribution in [1.82, 2.24) is 4.90 Å². The van der Waals surface area contributed by atoms with Crippen LogP contribution in [0.1, 0.15) is 12.5 Å². The second kappa shape index (κ2) is 12.2. The summed E-state index contributed by atoms with van der Waals surface area (Å²) in [5.41, 5.74) is 1.64. The van der Waals surface area contributed by atoms with E-state index in [4.69, 9.17) is 9.47 Å². The summed E-state index contributed by atoms with van der Waals surface area (Å²) in [5.74, 6) is -0.743. The number of hydrogen-bond acceptors (Lipinski definition) is 6. The molecule has 0 aliphatic carbocycles. The van der Waals surface area contributed by atoms with Crippen molar-refractivity contribution < 1.29 is 27.8 Å². The van der Waals surface area contributed by atoms with Crippen LogP contribution in [0.2, 0.25) is 0 Å². The molecule has 1 fully saturated rings. The Morgan fingerprint density at radius 1 is 1.11 bits per heavy atom. The number of methoxy groups -OCH3 is 1. The van der Waals surface area contributed by atoms with Crippen LogP contribution in [0.25, 0.3) is 6.08 Å². The number of nitrogens with one attached hydrogen (secondary N) is 1. The minimum atomic E-state index is -0.433. The molecule has 0 unspecified atom stereocenters. The molecule has 2 amide bonds. The van der Waals surface area contributed by atoms with E-state index in [0.29, 0.717) is 49.5 Å². The molecule has 0 aromatic heterocycles. The number of ether oxygens (including phenoxy) is 2. The lowest BCUT2D eigenvalue weighted by Gasteiger charge is -2.14. The number of rotatable bonds is 8. The van der Waals surface area contributed by atoms with E-state index in [9.17, 15) is 18.4 Å². The average Bonchev–Trinajstić information content (AvgIpc) is 3.19. The summed E-state index contributed by atoms with van der Waals surface area (Å²) in [4.78, 5) is 31.8. The van der Waals surface area contributed by atoms with Gasteiger partial charge in [0.2, 0.25) is 0 Å². The average molecular weight is 602 g/mol. The molecular formula is C27H22BrF2N3O4S. The molecule has 3 aromatic rings. The number of carbonyl (C=O) groups is 2. The molecule has 0 bridgehead atoms. The summed E-state index contributed by atoms with van der Waals surface area (Å²) >= 11 is 4.67. The van der Waals surface area contributed by atoms with E-state index in [0.717, 1.165) is 0 Å². The van der Waals surface area contributed by atoms with E-state index in [-0.39, 0.29) is 18.3 Å². The van der Waals surface area contributed by atoms with E-state index in [1.54, 1.807) is 35.2 Å². The number of aliphatic imine (C=N–C) groups is 1. The zero-order valence-electron chi connectivity index (χ0n) is 20.3. The van der Waals surface area contributed by atoms with Gasteiger partial charge in [-0.2, -0.15) is 0 Å². The number of amides is 2. The van der Waals surface area contributed by atoms with Gasteiger partial charge in [-0.3, -0.25) is 14.5 Å². The monoisotopic (exact) mass is 601 g/mol. The lowest BCUT2D eigenvalue weighted by Crippen LogP contribution is -2.28. The third-order valence-electron chi connectivity index (χ3n) is 5.28. The molecular weight excluding hydrogens is 580 g/mol. The maximum absolute atomic E-state index is 13.2. The molecule has 0 spiro atoms. The number of nitrogens with zero attached hydrogens (tertiary/aromatic N) is 2. The zero-order valence-corrected chi connectivity index (χ0v) is 22.7. The topological polar surface area (TPSA) is 80.2 Å². The minimum absolute atomic E-state index is 0.203. The van der Waals surface area contributed by atoms with Gasteiger partial charge in [0.05, 0.1) is 22.2 Å². The molecule has 1 aliphatic heterocycles. The predicted molar refractivity (Wildman–Crippen MR) is 148 cm³/mol. The Morgan fingerprint density at radius 3 is 2.39 bits per heavy atom. The number of likely N-dealkylation sites (N-methyl/N-ethyl adjacent to an activating group) is 1. The van der Waals surface area contributed by atoms with Gasteiger partial charge in [0.15, 0.2) is 23.3 Å². The highest BCUT2D eigenvalue weighted by Gasteiger charge is 2.32. The number of anilines is 1. The van der Waals surface area contributed by atoms with E-state index in [1.807, 2.05) is 6.92 Å². The lowest BCUT2D eigenvalue weighted by atomic mass is 10.2. The van der Waals surface area contributed by atoms with Crippen LogP contribution in [-0.4, -0.2) is 42.1 Å². The van der Waals surface area contributed by atoms with Crippen molar-refractivity contribution in [2.75, 3.05) is 25.6 Å². The Kier molecular flexibility index (Phi) is 8.80. The maximum Gasteiger partial charge on any atom is 0.266 e. The van der Waals surface area contributed by atoms with Gasteiger partial charge < -0.3 is 14.8 Å². The third-order valence-corrected chi connectivity index (χ3v) is 6.88. The van der Waals surface area contributed by atoms with Crippen LogP contribution in [0.4, 0.5) is 20.2 Å². The van der Waals surface area contributed by atoms with E-state index in [2.05, 4.69) is 26.2 Å². The molecule has 1 N–H and O–H groups in total. The minimum Gasteiger partial charge on any atom is -0.493 e. The van der Waals surface area contributed by atoms with E-state index in [1.165, 1.54) is 55.3 Å². The first kappa shape index (κ1) is 27.3. The number of thioether (sulfide) groups is 1. The Bertz CT molecular complexity index is 1410. The zero-order chi connectivity index (χ0) is 27.2. The van der Waals surface area contributed by atoms with Gasteiger partial charge in [0.1, 0.15) is 11.6 Å². The van der Waals surface area contributed by atoms with Gasteiger partial charge in [-0.05, 0) is 107 Å². The molecule has 0 radical (unpaired) electrons. The number of amidine groups is 1. The van der Waals surface area contributed by atoms with E-state index < -0.39 is 11.7 Å². The Morgan fingerprint density at radius 2 is 1.76 bits per heavy atom. The Hall–Kier alpha value is -3.70. The van der Waals surface area contributed by atoms with Crippen LogP contribution in [0.5, 0.6) is 11.5 Å². The van der Waals surface area contributed by atoms with Gasteiger partial charge in [0.25, 0.3) is 11.8 Å². The normalized spacial score (nSPS) is 15.3. The molecule has 11 heteroatoms. The summed E-state index contributed by atoms with van der Waals surface area (Å²) in [5, 5.41) is 3.12. The summed E-state index contributed by atoms with van der Waals surface area (Å²) in [7, 11) is 1.46.